The van der Waals surface area contributed by atoms with E-state index in [4.69, 9.17) is 9.47 Å². The first-order chi connectivity index (χ1) is 12.0. The number of amides is 2. The second kappa shape index (κ2) is 8.55. The molecule has 1 aliphatic rings. The summed E-state index contributed by atoms with van der Waals surface area (Å²) in [7, 11) is 0. The van der Waals surface area contributed by atoms with Crippen LogP contribution in [0.25, 0.3) is 0 Å². The average Bonchev–Trinajstić information content (AvgIpc) is 2.59. The Labute approximate surface area is 148 Å². The normalized spacial score (nSPS) is 18.2. The van der Waals surface area contributed by atoms with Crippen LogP contribution in [0.3, 0.4) is 0 Å². The van der Waals surface area contributed by atoms with E-state index in [-0.39, 0.29) is 12.1 Å². The Bertz CT molecular complexity index is 652. The molecule has 2 atom stereocenters. The molecule has 25 heavy (non-hydrogen) atoms. The fourth-order valence-corrected chi connectivity index (χ4v) is 2.52. The van der Waals surface area contributed by atoms with Gasteiger partial charge in [0.2, 0.25) is 0 Å². The van der Waals surface area contributed by atoms with E-state index < -0.39 is 12.0 Å². The number of carbonyl (C=O) groups excluding carboxylic acids is 2. The molecule has 6 heteroatoms. The smallest absolute Gasteiger partial charge is 0.338 e. The van der Waals surface area contributed by atoms with Crippen molar-refractivity contribution in [1.82, 2.24) is 10.6 Å². The molecule has 1 aliphatic heterocycles. The van der Waals surface area contributed by atoms with Gasteiger partial charge >= 0.3 is 12.0 Å². The van der Waals surface area contributed by atoms with Crippen LogP contribution in [0.2, 0.25) is 0 Å². The van der Waals surface area contributed by atoms with Crippen molar-refractivity contribution < 1.29 is 19.1 Å². The van der Waals surface area contributed by atoms with Crippen molar-refractivity contribution in [3.05, 3.63) is 41.1 Å². The maximum absolute atomic E-state index is 12.6. The van der Waals surface area contributed by atoms with Gasteiger partial charge in [-0.05, 0) is 44.4 Å². The Morgan fingerprint density at radius 3 is 2.52 bits per heavy atom. The number of ether oxygens (including phenoxy) is 2. The first-order valence-electron chi connectivity index (χ1n) is 8.68. The minimum absolute atomic E-state index is 0.184. The van der Waals surface area contributed by atoms with Gasteiger partial charge in [0.05, 0.1) is 24.3 Å². The van der Waals surface area contributed by atoms with Crippen LogP contribution in [0.5, 0.6) is 5.75 Å². The number of urea groups is 1. The molecule has 0 saturated heterocycles. The predicted molar refractivity (Wildman–Crippen MR) is 95.2 cm³/mol. The van der Waals surface area contributed by atoms with Gasteiger partial charge in [0.1, 0.15) is 5.75 Å². The molecule has 6 nitrogen and oxygen atoms in total. The Kier molecular flexibility index (Phi) is 6.44. The van der Waals surface area contributed by atoms with Crippen LogP contribution >= 0.6 is 0 Å². The number of hydrogen-bond donors (Lipinski definition) is 2. The molecule has 0 fully saturated rings. The average molecular weight is 346 g/mol. The Balaban J connectivity index is 2.27. The van der Waals surface area contributed by atoms with Crippen molar-refractivity contribution in [3.63, 3.8) is 0 Å². The van der Waals surface area contributed by atoms with Crippen LogP contribution in [0.4, 0.5) is 4.79 Å². The summed E-state index contributed by atoms with van der Waals surface area (Å²) in [5.74, 6) is 0.339. The predicted octanol–water partition coefficient (Wildman–Crippen LogP) is 3.45. The zero-order valence-corrected chi connectivity index (χ0v) is 15.2. The molecule has 2 rings (SSSR count). The fourth-order valence-electron chi connectivity index (χ4n) is 2.52. The van der Waals surface area contributed by atoms with Gasteiger partial charge in [0.25, 0.3) is 0 Å². The minimum Gasteiger partial charge on any atom is -0.494 e. The molecule has 2 amide bonds. The summed E-state index contributed by atoms with van der Waals surface area (Å²) in [6, 6.07) is 6.49. The summed E-state index contributed by atoms with van der Waals surface area (Å²) < 4.78 is 11.0. The summed E-state index contributed by atoms with van der Waals surface area (Å²) in [4.78, 5) is 24.5. The molecule has 0 unspecified atom stereocenters. The van der Waals surface area contributed by atoms with Gasteiger partial charge in [-0.3, -0.25) is 0 Å². The topological polar surface area (TPSA) is 76.7 Å². The summed E-state index contributed by atoms with van der Waals surface area (Å²) in [6.45, 7) is 8.19. The summed E-state index contributed by atoms with van der Waals surface area (Å²) in [6.07, 6.45) is 1.47. The first kappa shape index (κ1) is 18.8. The fraction of sp³-hybridized carbons (Fsp3) is 0.474. The van der Waals surface area contributed by atoms with E-state index in [1.807, 2.05) is 45.0 Å². The zero-order chi connectivity index (χ0) is 18.4. The second-order valence-electron chi connectivity index (χ2n) is 6.11. The lowest BCUT2D eigenvalue weighted by atomic mass is 9.95. The highest BCUT2D eigenvalue weighted by molar-refractivity contribution is 5.95. The second-order valence-corrected chi connectivity index (χ2v) is 6.11. The van der Waals surface area contributed by atoms with Crippen molar-refractivity contribution in [1.29, 1.82) is 0 Å². The van der Waals surface area contributed by atoms with Crippen LogP contribution in [0.15, 0.2) is 35.5 Å². The van der Waals surface area contributed by atoms with E-state index in [2.05, 4.69) is 10.6 Å². The lowest BCUT2D eigenvalue weighted by Gasteiger charge is -2.29. The third-order valence-electron chi connectivity index (χ3n) is 4.06. The lowest BCUT2D eigenvalue weighted by Crippen LogP contribution is -2.45. The number of benzene rings is 1. The van der Waals surface area contributed by atoms with Crippen molar-refractivity contribution >= 4 is 12.0 Å². The molecule has 0 radical (unpaired) electrons. The van der Waals surface area contributed by atoms with E-state index in [9.17, 15) is 9.59 Å². The van der Waals surface area contributed by atoms with Gasteiger partial charge in [-0.25, -0.2) is 9.59 Å². The maximum atomic E-state index is 12.6. The lowest BCUT2D eigenvalue weighted by molar-refractivity contribution is -0.144. The molecule has 0 saturated carbocycles. The third kappa shape index (κ3) is 4.75. The zero-order valence-electron chi connectivity index (χ0n) is 15.2. The van der Waals surface area contributed by atoms with Gasteiger partial charge in [-0.2, -0.15) is 0 Å². The van der Waals surface area contributed by atoms with E-state index in [0.717, 1.165) is 24.2 Å². The molecule has 0 bridgehead atoms. The van der Waals surface area contributed by atoms with Crippen LogP contribution in [-0.4, -0.2) is 24.7 Å². The summed E-state index contributed by atoms with van der Waals surface area (Å²) >= 11 is 0. The molecule has 1 aromatic carbocycles. The van der Waals surface area contributed by atoms with Gasteiger partial charge in [-0.15, -0.1) is 0 Å². The number of carbonyl (C=O) groups is 2. The van der Waals surface area contributed by atoms with Gasteiger partial charge in [0.15, 0.2) is 0 Å². The molecule has 2 N–H and O–H groups in total. The van der Waals surface area contributed by atoms with Gasteiger partial charge in [-0.1, -0.05) is 26.0 Å². The van der Waals surface area contributed by atoms with Crippen molar-refractivity contribution in [3.8, 4) is 5.75 Å². The van der Waals surface area contributed by atoms with Crippen LogP contribution < -0.4 is 15.4 Å². The molecule has 136 valence electrons. The highest BCUT2D eigenvalue weighted by Crippen LogP contribution is 2.29. The van der Waals surface area contributed by atoms with Gasteiger partial charge in [0, 0.05) is 5.70 Å². The van der Waals surface area contributed by atoms with E-state index >= 15 is 0 Å². The van der Waals surface area contributed by atoms with Gasteiger partial charge < -0.3 is 20.1 Å². The van der Waals surface area contributed by atoms with Crippen molar-refractivity contribution in [2.45, 2.75) is 52.7 Å². The molecule has 1 heterocycles. The van der Waals surface area contributed by atoms with Crippen molar-refractivity contribution in [2.24, 2.45) is 0 Å². The molecular weight excluding hydrogens is 320 g/mol. The summed E-state index contributed by atoms with van der Waals surface area (Å²) in [5, 5.41) is 5.44. The summed E-state index contributed by atoms with van der Waals surface area (Å²) in [5.41, 5.74) is 1.73. The first-order valence-corrected chi connectivity index (χ1v) is 8.68. The quantitative estimate of drug-likeness (QED) is 0.742. The maximum Gasteiger partial charge on any atom is 0.338 e. The number of nitrogens with one attached hydrogen (secondary N) is 2. The van der Waals surface area contributed by atoms with Crippen LogP contribution in [-0.2, 0) is 9.53 Å². The standard InChI is InChI=1S/C19H26N2O4/c1-5-11-24-15-9-7-14(8-10-15)17-16(13(4)20-19(23)21-17)18(22)25-12(3)6-2/h7-10,12,17H,5-6,11H2,1-4H3,(H2,20,21,23)/t12-,17+/m1/s1. The van der Waals surface area contributed by atoms with E-state index in [1.54, 1.807) is 6.92 Å². The van der Waals surface area contributed by atoms with E-state index in [1.165, 1.54) is 0 Å². The number of rotatable bonds is 7. The SMILES string of the molecule is CCCOc1ccc([C@@H]2NC(=O)NC(C)=C2C(=O)O[C@H](C)CC)cc1. The van der Waals surface area contributed by atoms with Crippen LogP contribution in [0.1, 0.15) is 52.1 Å². The minimum atomic E-state index is -0.550. The molecular formula is C19H26N2O4. The third-order valence-corrected chi connectivity index (χ3v) is 4.06. The molecule has 0 aliphatic carbocycles. The highest BCUT2D eigenvalue weighted by Gasteiger charge is 2.32. The van der Waals surface area contributed by atoms with E-state index in [0.29, 0.717) is 17.9 Å². The molecule has 0 aromatic heterocycles. The number of hydrogen-bond acceptors (Lipinski definition) is 4. The molecule has 0 spiro atoms. The van der Waals surface area contributed by atoms with Crippen LogP contribution in [0, 0.1) is 0 Å². The highest BCUT2D eigenvalue weighted by atomic mass is 16.5. The Morgan fingerprint density at radius 1 is 1.24 bits per heavy atom. The Hall–Kier alpha value is -2.50. The number of esters is 1. The monoisotopic (exact) mass is 346 g/mol. The Morgan fingerprint density at radius 2 is 1.92 bits per heavy atom. The van der Waals surface area contributed by atoms with Crippen molar-refractivity contribution in [2.75, 3.05) is 6.61 Å². The number of allylic oxidation sites excluding steroid dienone is 1. The molecule has 1 aromatic rings. The largest absolute Gasteiger partial charge is 0.494 e.